The first-order chi connectivity index (χ1) is 18.1. The molecule has 1 heterocycles. The zero-order valence-corrected chi connectivity index (χ0v) is 24.3. The topological polar surface area (TPSA) is 166 Å². The molecular formula is C27H39N5O6S. The maximum absolute atomic E-state index is 13.5. The van der Waals surface area contributed by atoms with Gasteiger partial charge in [0.1, 0.15) is 11.6 Å². The van der Waals surface area contributed by atoms with E-state index in [2.05, 4.69) is 35.7 Å². The Morgan fingerprint density at radius 2 is 1.72 bits per heavy atom. The molecule has 1 aromatic carbocycles. The van der Waals surface area contributed by atoms with Crippen LogP contribution in [0.4, 0.5) is 11.4 Å². The number of hydrogen-bond donors (Lipinski definition) is 3. The number of ether oxygens (including phenoxy) is 1. The molecule has 0 unspecified atom stereocenters. The van der Waals surface area contributed by atoms with Crippen molar-refractivity contribution < 1.29 is 23.4 Å². The molecule has 0 spiro atoms. The van der Waals surface area contributed by atoms with Gasteiger partial charge in [-0.1, -0.05) is 27.2 Å². The second-order valence-corrected chi connectivity index (χ2v) is 12.8. The van der Waals surface area contributed by atoms with Gasteiger partial charge >= 0.3 is 0 Å². The smallest absolute Gasteiger partial charge is 0.281 e. The molecule has 0 bridgehead atoms. The largest absolute Gasteiger partial charge is 0.493 e. The summed E-state index contributed by atoms with van der Waals surface area (Å²) in [6.45, 7) is 11.7. The van der Waals surface area contributed by atoms with Crippen molar-refractivity contribution in [2.45, 2.75) is 71.2 Å². The molecule has 0 amide bonds. The highest BCUT2D eigenvalue weighted by molar-refractivity contribution is 7.89. The highest BCUT2D eigenvalue weighted by Gasteiger charge is 2.30. The Kier molecular flexibility index (Phi) is 10.9. The second-order valence-electron chi connectivity index (χ2n) is 11.1. The van der Waals surface area contributed by atoms with Crippen LogP contribution in [0.5, 0.6) is 5.88 Å². The molecule has 11 nitrogen and oxygen atoms in total. The molecule has 0 atom stereocenters. The van der Waals surface area contributed by atoms with Crippen LogP contribution in [0.25, 0.3) is 0 Å². The Balaban J connectivity index is 2.34. The van der Waals surface area contributed by atoms with E-state index < -0.39 is 27.0 Å². The standard InChI is InChI=1S/C27H39N5O6S/c1-19-22(18-28)24(34)32(27(5,6)13-7-12-26(2,3)4)25(35)23(19)31-30-20-8-10-21(11-9-20)39(36,37)29-14-16-38-17-15-33/h8-11,29,33-34H,7,12-17H2,1-6H3. The Morgan fingerprint density at radius 1 is 1.08 bits per heavy atom. The summed E-state index contributed by atoms with van der Waals surface area (Å²) in [5, 5.41) is 37.5. The predicted molar refractivity (Wildman–Crippen MR) is 148 cm³/mol. The number of hydrogen-bond acceptors (Lipinski definition) is 9. The Morgan fingerprint density at radius 3 is 2.28 bits per heavy atom. The third-order valence-corrected chi connectivity index (χ3v) is 7.67. The van der Waals surface area contributed by atoms with Gasteiger partial charge in [-0.2, -0.15) is 10.4 Å². The summed E-state index contributed by atoms with van der Waals surface area (Å²) >= 11 is 0. The first-order valence-corrected chi connectivity index (χ1v) is 14.2. The highest BCUT2D eigenvalue weighted by Crippen LogP contribution is 2.34. The Bertz CT molecular complexity index is 1370. The number of aliphatic hydroxyl groups excluding tert-OH is 1. The molecule has 0 aliphatic rings. The number of pyridine rings is 1. The molecular weight excluding hydrogens is 522 g/mol. The van der Waals surface area contributed by atoms with Gasteiger partial charge in [-0.25, -0.2) is 13.1 Å². The van der Waals surface area contributed by atoms with E-state index in [0.29, 0.717) is 12.1 Å². The first-order valence-electron chi connectivity index (χ1n) is 12.7. The number of rotatable bonds is 13. The van der Waals surface area contributed by atoms with Crippen LogP contribution in [0.15, 0.2) is 44.2 Å². The van der Waals surface area contributed by atoms with E-state index in [4.69, 9.17) is 9.84 Å². The van der Waals surface area contributed by atoms with Crippen molar-refractivity contribution in [3.63, 3.8) is 0 Å². The van der Waals surface area contributed by atoms with Gasteiger partial charge in [-0.05, 0) is 63.3 Å². The zero-order chi connectivity index (χ0) is 29.4. The third kappa shape index (κ3) is 8.69. The molecule has 0 radical (unpaired) electrons. The van der Waals surface area contributed by atoms with Gasteiger partial charge in [-0.3, -0.25) is 9.36 Å². The average Bonchev–Trinajstić information content (AvgIpc) is 2.83. The van der Waals surface area contributed by atoms with E-state index in [1.54, 1.807) is 0 Å². The van der Waals surface area contributed by atoms with Crippen molar-refractivity contribution in [1.29, 1.82) is 5.26 Å². The molecule has 0 saturated carbocycles. The number of aromatic nitrogens is 1. The average molecular weight is 562 g/mol. The minimum Gasteiger partial charge on any atom is -0.493 e. The highest BCUT2D eigenvalue weighted by atomic mass is 32.2. The van der Waals surface area contributed by atoms with Crippen molar-refractivity contribution in [3.8, 4) is 11.9 Å². The van der Waals surface area contributed by atoms with Crippen LogP contribution in [0.1, 0.15) is 65.0 Å². The van der Waals surface area contributed by atoms with Crippen LogP contribution in [0.2, 0.25) is 0 Å². The lowest BCUT2D eigenvalue weighted by Gasteiger charge is -2.30. The lowest BCUT2D eigenvalue weighted by molar-refractivity contribution is 0.0961. The molecule has 0 fully saturated rings. The minimum atomic E-state index is -3.78. The summed E-state index contributed by atoms with van der Waals surface area (Å²) in [6, 6.07) is 7.56. The van der Waals surface area contributed by atoms with Gasteiger partial charge < -0.3 is 14.9 Å². The van der Waals surface area contributed by atoms with Crippen LogP contribution < -0.4 is 10.3 Å². The number of nitrogens with zero attached hydrogens (tertiary/aromatic N) is 4. The number of azo groups is 1. The van der Waals surface area contributed by atoms with Crippen molar-refractivity contribution in [1.82, 2.24) is 9.29 Å². The fourth-order valence-electron chi connectivity index (χ4n) is 4.03. The number of nitriles is 1. The lowest BCUT2D eigenvalue weighted by atomic mass is 9.86. The monoisotopic (exact) mass is 561 g/mol. The third-order valence-electron chi connectivity index (χ3n) is 6.19. The van der Waals surface area contributed by atoms with Crippen LogP contribution in [0, 0.1) is 23.7 Å². The van der Waals surface area contributed by atoms with E-state index in [1.165, 1.54) is 35.8 Å². The molecule has 3 N–H and O–H groups in total. The zero-order valence-electron chi connectivity index (χ0n) is 23.5. The molecule has 0 aliphatic carbocycles. The first kappa shape index (κ1) is 32.1. The van der Waals surface area contributed by atoms with Gasteiger partial charge in [0.25, 0.3) is 5.56 Å². The fraction of sp³-hybridized carbons (Fsp3) is 0.556. The van der Waals surface area contributed by atoms with Crippen molar-refractivity contribution in [2.24, 2.45) is 15.6 Å². The summed E-state index contributed by atoms with van der Waals surface area (Å²) in [5.74, 6) is -0.400. The molecule has 2 aromatic rings. The molecule has 39 heavy (non-hydrogen) atoms. The van der Waals surface area contributed by atoms with Gasteiger partial charge in [0.15, 0.2) is 5.69 Å². The van der Waals surface area contributed by atoms with Gasteiger partial charge in [0, 0.05) is 17.6 Å². The quantitative estimate of drug-likeness (QED) is 0.241. The van der Waals surface area contributed by atoms with Gasteiger partial charge in [0.05, 0.1) is 30.4 Å². The second kappa shape index (κ2) is 13.3. The summed E-state index contributed by atoms with van der Waals surface area (Å²) in [7, 11) is -3.78. The predicted octanol–water partition coefficient (Wildman–Crippen LogP) is 4.39. The molecule has 0 aliphatic heterocycles. The number of sulfonamides is 1. The molecule has 0 saturated heterocycles. The fourth-order valence-corrected chi connectivity index (χ4v) is 5.05. The van der Waals surface area contributed by atoms with Gasteiger partial charge in [-0.15, -0.1) is 5.11 Å². The summed E-state index contributed by atoms with van der Waals surface area (Å²) < 4.78 is 33.5. The number of nitrogens with one attached hydrogen (secondary N) is 1. The van der Waals surface area contributed by atoms with Crippen molar-refractivity contribution >= 4 is 21.4 Å². The van der Waals surface area contributed by atoms with Crippen molar-refractivity contribution in [2.75, 3.05) is 26.4 Å². The molecule has 214 valence electrons. The maximum Gasteiger partial charge on any atom is 0.281 e. The van der Waals surface area contributed by atoms with Crippen LogP contribution >= 0.6 is 0 Å². The van der Waals surface area contributed by atoms with E-state index in [1.807, 2.05) is 19.9 Å². The Labute approximate surface area is 230 Å². The van der Waals surface area contributed by atoms with Crippen LogP contribution in [-0.2, 0) is 20.3 Å². The van der Waals surface area contributed by atoms with E-state index in [9.17, 15) is 23.6 Å². The molecule has 2 rings (SSSR count). The van der Waals surface area contributed by atoms with E-state index >= 15 is 0 Å². The lowest BCUT2D eigenvalue weighted by Crippen LogP contribution is -2.37. The SMILES string of the molecule is Cc1c(C#N)c(O)n(C(C)(C)CCCC(C)(C)C)c(=O)c1N=Nc1ccc(S(=O)(=O)NCCOCCO)cc1. The summed E-state index contributed by atoms with van der Waals surface area (Å²) in [4.78, 5) is 13.5. The van der Waals surface area contributed by atoms with Crippen LogP contribution in [0.3, 0.4) is 0 Å². The van der Waals surface area contributed by atoms with Crippen LogP contribution in [-0.4, -0.2) is 49.6 Å². The summed E-state index contributed by atoms with van der Waals surface area (Å²) in [5.41, 5.74) is -0.869. The molecule has 1 aromatic heterocycles. The molecule has 12 heteroatoms. The number of aliphatic hydroxyl groups is 1. The van der Waals surface area contributed by atoms with E-state index in [0.717, 1.165) is 12.8 Å². The van der Waals surface area contributed by atoms with E-state index in [-0.39, 0.29) is 53.5 Å². The van der Waals surface area contributed by atoms with Crippen molar-refractivity contribution in [3.05, 3.63) is 45.7 Å². The normalized spacial score (nSPS) is 12.7. The minimum absolute atomic E-state index is 0.00977. The number of benzene rings is 1. The Hall–Kier alpha value is -3.11. The van der Waals surface area contributed by atoms with Gasteiger partial charge in [0.2, 0.25) is 15.9 Å². The summed E-state index contributed by atoms with van der Waals surface area (Å²) in [6.07, 6.45) is 2.34. The number of aromatic hydroxyl groups is 1. The maximum atomic E-state index is 13.5.